The molecule has 0 saturated heterocycles. The Morgan fingerprint density at radius 2 is 2.05 bits per heavy atom. The highest BCUT2D eigenvalue weighted by atomic mass is 19.4. The minimum Gasteiger partial charge on any atom is -0.406 e. The van der Waals surface area contributed by atoms with Crippen LogP contribution in [0.3, 0.4) is 0 Å². The lowest BCUT2D eigenvalue weighted by atomic mass is 9.72. The molecule has 5 heteroatoms. The van der Waals surface area contributed by atoms with E-state index >= 15 is 0 Å². The van der Waals surface area contributed by atoms with Crippen LogP contribution < -0.4 is 4.74 Å². The first kappa shape index (κ1) is 14.2. The molecule has 2 rings (SSSR count). The molecule has 0 aliphatic heterocycles. The van der Waals surface area contributed by atoms with Gasteiger partial charge in [0.25, 0.3) is 0 Å². The van der Waals surface area contributed by atoms with Crippen molar-refractivity contribution in [3.63, 3.8) is 0 Å². The van der Waals surface area contributed by atoms with E-state index in [1.54, 1.807) is 6.07 Å². The van der Waals surface area contributed by atoms with Gasteiger partial charge in [0.2, 0.25) is 0 Å². The fourth-order valence-electron chi connectivity index (χ4n) is 2.72. The summed E-state index contributed by atoms with van der Waals surface area (Å²) in [5.74, 6) is -0.251. The molecule has 1 aliphatic rings. The largest absolute Gasteiger partial charge is 0.573 e. The fourth-order valence-corrected chi connectivity index (χ4v) is 2.72. The number of rotatable bonds is 2. The summed E-state index contributed by atoms with van der Waals surface area (Å²) >= 11 is 0. The van der Waals surface area contributed by atoms with Crippen molar-refractivity contribution in [3.05, 3.63) is 29.8 Å². The molecule has 0 heterocycles. The first-order valence-electron chi connectivity index (χ1n) is 6.40. The van der Waals surface area contributed by atoms with Crippen LogP contribution in [-0.4, -0.2) is 11.5 Å². The van der Waals surface area contributed by atoms with Crippen molar-refractivity contribution in [2.24, 2.45) is 5.92 Å². The SMILES string of the molecule is CC1CCCCC1(O)c1cccc(OC(F)(F)F)c1. The Hall–Kier alpha value is -1.23. The smallest absolute Gasteiger partial charge is 0.406 e. The van der Waals surface area contributed by atoms with Gasteiger partial charge in [-0.05, 0) is 36.5 Å². The summed E-state index contributed by atoms with van der Waals surface area (Å²) in [5.41, 5.74) is -0.551. The molecule has 2 atom stereocenters. The molecule has 1 N–H and O–H groups in total. The van der Waals surface area contributed by atoms with Crippen molar-refractivity contribution in [1.82, 2.24) is 0 Å². The Bertz CT molecular complexity index is 445. The maximum Gasteiger partial charge on any atom is 0.573 e. The van der Waals surface area contributed by atoms with E-state index in [2.05, 4.69) is 4.74 Å². The molecular weight excluding hydrogens is 257 g/mol. The van der Waals surface area contributed by atoms with Gasteiger partial charge < -0.3 is 9.84 Å². The van der Waals surface area contributed by atoms with Crippen molar-refractivity contribution in [2.75, 3.05) is 0 Å². The van der Waals surface area contributed by atoms with Crippen molar-refractivity contribution in [3.8, 4) is 5.75 Å². The molecule has 19 heavy (non-hydrogen) atoms. The number of hydrogen-bond donors (Lipinski definition) is 1. The summed E-state index contributed by atoms with van der Waals surface area (Å²) in [6.07, 6.45) is -1.34. The normalized spacial score (nSPS) is 28.2. The Kier molecular flexibility index (Phi) is 3.76. The fraction of sp³-hybridized carbons (Fsp3) is 0.571. The van der Waals surface area contributed by atoms with E-state index < -0.39 is 12.0 Å². The lowest BCUT2D eigenvalue weighted by Crippen LogP contribution is -2.36. The molecular formula is C14H17F3O2. The topological polar surface area (TPSA) is 29.5 Å². The van der Waals surface area contributed by atoms with Crippen molar-refractivity contribution in [2.45, 2.75) is 44.6 Å². The maximum atomic E-state index is 12.2. The van der Waals surface area contributed by atoms with Crippen LogP contribution in [-0.2, 0) is 5.60 Å². The minimum atomic E-state index is -4.71. The molecule has 1 aromatic carbocycles. The Morgan fingerprint density at radius 1 is 1.32 bits per heavy atom. The zero-order valence-corrected chi connectivity index (χ0v) is 10.7. The molecule has 0 amide bonds. The third-order valence-corrected chi connectivity index (χ3v) is 3.83. The van der Waals surface area contributed by atoms with E-state index in [0.29, 0.717) is 12.0 Å². The molecule has 1 aliphatic carbocycles. The third-order valence-electron chi connectivity index (χ3n) is 3.83. The summed E-state index contributed by atoms with van der Waals surface area (Å²) in [6.45, 7) is 1.93. The first-order valence-corrected chi connectivity index (χ1v) is 6.40. The van der Waals surface area contributed by atoms with Crippen LogP contribution in [0.4, 0.5) is 13.2 Å². The number of hydrogen-bond acceptors (Lipinski definition) is 2. The summed E-state index contributed by atoms with van der Waals surface area (Å²) in [6, 6.07) is 5.67. The summed E-state index contributed by atoms with van der Waals surface area (Å²) < 4.78 is 40.5. The summed E-state index contributed by atoms with van der Waals surface area (Å²) in [7, 11) is 0. The van der Waals surface area contributed by atoms with Gasteiger partial charge >= 0.3 is 6.36 Å². The standard InChI is InChI=1S/C14H17F3O2/c1-10-5-2-3-8-13(10,18)11-6-4-7-12(9-11)19-14(15,16)17/h4,6-7,9-10,18H,2-3,5,8H2,1H3. The number of halogens is 3. The molecule has 0 radical (unpaired) electrons. The summed E-state index contributed by atoms with van der Waals surface area (Å²) in [4.78, 5) is 0. The highest BCUT2D eigenvalue weighted by Crippen LogP contribution is 2.42. The van der Waals surface area contributed by atoms with Gasteiger partial charge in [-0.25, -0.2) is 0 Å². The molecule has 1 saturated carbocycles. The second-order valence-electron chi connectivity index (χ2n) is 5.15. The first-order chi connectivity index (χ1) is 8.81. The van der Waals surface area contributed by atoms with E-state index in [1.165, 1.54) is 18.2 Å². The predicted octanol–water partition coefficient (Wildman–Crippen LogP) is 3.98. The number of ether oxygens (including phenoxy) is 1. The predicted molar refractivity (Wildman–Crippen MR) is 64.7 cm³/mol. The molecule has 106 valence electrons. The van der Waals surface area contributed by atoms with Gasteiger partial charge in [0, 0.05) is 0 Å². The average Bonchev–Trinajstić information content (AvgIpc) is 2.31. The summed E-state index contributed by atoms with van der Waals surface area (Å²) in [5, 5.41) is 10.7. The van der Waals surface area contributed by atoms with Crippen LogP contribution in [0.1, 0.15) is 38.2 Å². The van der Waals surface area contributed by atoms with Crippen molar-refractivity contribution >= 4 is 0 Å². The molecule has 1 aromatic rings. The molecule has 1 fully saturated rings. The van der Waals surface area contributed by atoms with Crippen molar-refractivity contribution in [1.29, 1.82) is 0 Å². The zero-order valence-electron chi connectivity index (χ0n) is 10.7. The third kappa shape index (κ3) is 3.21. The van der Waals surface area contributed by atoms with Gasteiger partial charge in [-0.3, -0.25) is 0 Å². The number of alkyl halides is 3. The second-order valence-corrected chi connectivity index (χ2v) is 5.15. The Labute approximate surface area is 110 Å². The van der Waals surface area contributed by atoms with Gasteiger partial charge in [-0.2, -0.15) is 0 Å². The molecule has 2 unspecified atom stereocenters. The van der Waals surface area contributed by atoms with Gasteiger partial charge in [0.15, 0.2) is 0 Å². The molecule has 0 bridgehead atoms. The molecule has 0 aromatic heterocycles. The van der Waals surface area contributed by atoms with Gasteiger partial charge in [0.1, 0.15) is 5.75 Å². The highest BCUT2D eigenvalue weighted by molar-refractivity contribution is 5.33. The van der Waals surface area contributed by atoms with Crippen LogP contribution >= 0.6 is 0 Å². The maximum absolute atomic E-state index is 12.2. The van der Waals surface area contributed by atoms with Crippen molar-refractivity contribution < 1.29 is 23.0 Å². The van der Waals surface area contributed by atoms with Crippen LogP contribution in [0.2, 0.25) is 0 Å². The Balaban J connectivity index is 2.27. The monoisotopic (exact) mass is 274 g/mol. The van der Waals surface area contributed by atoms with Crippen LogP contribution in [0, 0.1) is 5.92 Å². The Morgan fingerprint density at radius 3 is 2.68 bits per heavy atom. The number of aliphatic hydroxyl groups is 1. The minimum absolute atomic E-state index is 0.0300. The van der Waals surface area contributed by atoms with E-state index in [0.717, 1.165) is 19.3 Å². The van der Waals surface area contributed by atoms with Gasteiger partial charge in [-0.1, -0.05) is 31.9 Å². The molecule has 0 spiro atoms. The van der Waals surface area contributed by atoms with E-state index in [9.17, 15) is 18.3 Å². The van der Waals surface area contributed by atoms with E-state index in [4.69, 9.17) is 0 Å². The van der Waals surface area contributed by atoms with Gasteiger partial charge in [-0.15, -0.1) is 13.2 Å². The van der Waals surface area contributed by atoms with Gasteiger partial charge in [0.05, 0.1) is 5.60 Å². The second kappa shape index (κ2) is 5.04. The lowest BCUT2D eigenvalue weighted by molar-refractivity contribution is -0.274. The molecule has 2 nitrogen and oxygen atoms in total. The van der Waals surface area contributed by atoms with E-state index in [-0.39, 0.29) is 11.7 Å². The van der Waals surface area contributed by atoms with Crippen LogP contribution in [0.15, 0.2) is 24.3 Å². The zero-order chi connectivity index (χ0) is 14.1. The lowest BCUT2D eigenvalue weighted by Gasteiger charge is -2.38. The highest BCUT2D eigenvalue weighted by Gasteiger charge is 2.38. The quantitative estimate of drug-likeness (QED) is 0.883. The average molecular weight is 274 g/mol. The number of benzene rings is 1. The van der Waals surface area contributed by atoms with Crippen LogP contribution in [0.25, 0.3) is 0 Å². The van der Waals surface area contributed by atoms with Crippen LogP contribution in [0.5, 0.6) is 5.75 Å². The van der Waals surface area contributed by atoms with E-state index in [1.807, 2.05) is 6.92 Å².